The Morgan fingerprint density at radius 3 is 1.90 bits per heavy atom. The van der Waals surface area contributed by atoms with Gasteiger partial charge in [-0.05, 0) is 24.0 Å². The van der Waals surface area contributed by atoms with Gasteiger partial charge in [0.1, 0.15) is 12.4 Å². The van der Waals surface area contributed by atoms with Gasteiger partial charge >= 0.3 is 0 Å². The van der Waals surface area contributed by atoms with Crippen LogP contribution in [0.3, 0.4) is 0 Å². The first-order valence-electron chi connectivity index (χ1n) is 10.5. The Morgan fingerprint density at radius 2 is 1.28 bits per heavy atom. The lowest BCUT2D eigenvalue weighted by molar-refractivity contribution is 0.163. The molecule has 29 heavy (non-hydrogen) atoms. The Balaban J connectivity index is 1.84. The Labute approximate surface area is 172 Å². The minimum Gasteiger partial charge on any atom is -0.492 e. The third-order valence-corrected chi connectivity index (χ3v) is 9.31. The summed E-state index contributed by atoms with van der Waals surface area (Å²) >= 11 is 0. The van der Waals surface area contributed by atoms with Crippen molar-refractivity contribution < 1.29 is 9.30 Å². The molecule has 5 rings (SSSR count). The van der Waals surface area contributed by atoms with Crippen LogP contribution >= 0.6 is 7.14 Å². The van der Waals surface area contributed by atoms with Gasteiger partial charge in [0.15, 0.2) is 7.14 Å². The van der Waals surface area contributed by atoms with Crippen molar-refractivity contribution in [1.29, 1.82) is 0 Å². The number of benzene rings is 3. The fourth-order valence-corrected chi connectivity index (χ4v) is 7.85. The molecule has 0 bridgehead atoms. The van der Waals surface area contributed by atoms with Crippen molar-refractivity contribution in [2.75, 3.05) is 0 Å². The molecule has 0 aromatic heterocycles. The van der Waals surface area contributed by atoms with Crippen LogP contribution in [0.2, 0.25) is 0 Å². The van der Waals surface area contributed by atoms with Gasteiger partial charge in [0.2, 0.25) is 0 Å². The molecule has 2 nitrogen and oxygen atoms in total. The highest BCUT2D eigenvalue weighted by atomic mass is 31.2. The predicted octanol–water partition coefficient (Wildman–Crippen LogP) is 6.09. The zero-order valence-corrected chi connectivity index (χ0v) is 17.4. The second-order valence-electron chi connectivity index (χ2n) is 7.92. The number of fused-ring (bicyclic) bond motifs is 1. The maximum absolute atomic E-state index is 15.2. The van der Waals surface area contributed by atoms with Gasteiger partial charge in [-0.1, -0.05) is 97.8 Å². The van der Waals surface area contributed by atoms with E-state index in [9.17, 15) is 0 Å². The van der Waals surface area contributed by atoms with Crippen molar-refractivity contribution in [2.24, 2.45) is 5.92 Å². The lowest BCUT2D eigenvalue weighted by Crippen LogP contribution is -2.22. The summed E-state index contributed by atoms with van der Waals surface area (Å²) in [6.45, 7) is 0.565. The van der Waals surface area contributed by atoms with E-state index in [1.54, 1.807) is 0 Å². The summed E-state index contributed by atoms with van der Waals surface area (Å²) in [6, 6.07) is 28.2. The van der Waals surface area contributed by atoms with Gasteiger partial charge < -0.3 is 9.30 Å². The molecule has 1 saturated carbocycles. The molecule has 146 valence electrons. The molecule has 0 N–H and O–H groups in total. The molecular formula is C26H25O2P. The van der Waals surface area contributed by atoms with Crippen LogP contribution in [-0.2, 0) is 15.9 Å². The molecule has 3 aromatic carbocycles. The molecule has 0 unspecified atom stereocenters. The van der Waals surface area contributed by atoms with E-state index >= 15 is 4.57 Å². The van der Waals surface area contributed by atoms with Crippen LogP contribution in [-0.4, -0.2) is 0 Å². The van der Waals surface area contributed by atoms with Crippen LogP contribution in [0.5, 0.6) is 0 Å². The summed E-state index contributed by atoms with van der Waals surface area (Å²) in [7, 11) is -3.09. The van der Waals surface area contributed by atoms with E-state index in [-0.39, 0.29) is 0 Å². The first-order chi connectivity index (χ1) is 14.3. The fraction of sp³-hybridized carbons (Fsp3) is 0.231. The quantitative estimate of drug-likeness (QED) is 0.496. The van der Waals surface area contributed by atoms with E-state index in [2.05, 4.69) is 18.2 Å². The van der Waals surface area contributed by atoms with Gasteiger partial charge in [-0.25, -0.2) is 0 Å². The minimum atomic E-state index is -3.09. The molecule has 0 saturated heterocycles. The maximum atomic E-state index is 15.2. The Hall–Kier alpha value is -2.57. The number of ether oxygens (including phenoxy) is 1. The predicted molar refractivity (Wildman–Crippen MR) is 120 cm³/mol. The summed E-state index contributed by atoms with van der Waals surface area (Å²) in [5.74, 6) is 1.33. The van der Waals surface area contributed by atoms with E-state index in [4.69, 9.17) is 4.74 Å². The van der Waals surface area contributed by atoms with Gasteiger partial charge in [-0.3, -0.25) is 0 Å². The Kier molecular flexibility index (Phi) is 4.89. The smallest absolute Gasteiger partial charge is 0.174 e. The highest BCUT2D eigenvalue weighted by Crippen LogP contribution is 2.61. The number of allylic oxidation sites excluding steroid dienone is 1. The average Bonchev–Trinajstić information content (AvgIpc) is 3.34. The van der Waals surface area contributed by atoms with Crippen molar-refractivity contribution in [3.63, 3.8) is 0 Å². The second kappa shape index (κ2) is 7.69. The molecule has 1 fully saturated rings. The van der Waals surface area contributed by atoms with Crippen LogP contribution in [0.25, 0.3) is 5.31 Å². The summed E-state index contributed by atoms with van der Waals surface area (Å²) in [5.41, 5.74) is 2.22. The summed E-state index contributed by atoms with van der Waals surface area (Å²) in [5, 5.41) is 2.66. The highest BCUT2D eigenvalue weighted by Gasteiger charge is 2.40. The molecule has 3 aromatic rings. The molecule has 1 aliphatic heterocycles. The van der Waals surface area contributed by atoms with E-state index < -0.39 is 7.14 Å². The van der Waals surface area contributed by atoms with Crippen LogP contribution in [0, 0.1) is 5.92 Å². The molecule has 1 heterocycles. The SMILES string of the molecule is O=P(C1=C(C2CCCC2)OCc2ccccc21)(c1ccccc1)c1ccccc1. The van der Waals surface area contributed by atoms with Crippen LogP contribution in [0.1, 0.15) is 36.8 Å². The standard InChI is InChI=1S/C26H25O2P/c27-29(22-14-3-1-4-15-22,23-16-5-2-6-17-23)26-24-18-10-9-13-21(24)19-28-25(26)20-11-7-8-12-20/h1-6,9-10,13-18,20H,7-8,11-12,19H2. The average molecular weight is 400 g/mol. The highest BCUT2D eigenvalue weighted by molar-refractivity contribution is 7.87. The van der Waals surface area contributed by atoms with Crippen molar-refractivity contribution in [3.8, 4) is 0 Å². The molecule has 0 atom stereocenters. The lowest BCUT2D eigenvalue weighted by atomic mass is 9.98. The summed E-state index contributed by atoms with van der Waals surface area (Å²) < 4.78 is 21.6. The van der Waals surface area contributed by atoms with Crippen LogP contribution in [0.4, 0.5) is 0 Å². The van der Waals surface area contributed by atoms with Crippen molar-refractivity contribution in [2.45, 2.75) is 32.3 Å². The topological polar surface area (TPSA) is 26.3 Å². The normalized spacial score (nSPS) is 17.1. The number of rotatable bonds is 4. The van der Waals surface area contributed by atoms with Gasteiger partial charge in [0, 0.05) is 16.5 Å². The second-order valence-corrected chi connectivity index (χ2v) is 10.6. The minimum absolute atomic E-state index is 0.360. The number of hydrogen-bond acceptors (Lipinski definition) is 2. The van der Waals surface area contributed by atoms with Crippen LogP contribution < -0.4 is 10.6 Å². The van der Waals surface area contributed by atoms with Crippen molar-refractivity contribution in [1.82, 2.24) is 0 Å². The molecule has 2 aliphatic rings. The third-order valence-electron chi connectivity index (χ3n) is 6.17. The lowest BCUT2D eigenvalue weighted by Gasteiger charge is -2.32. The monoisotopic (exact) mass is 400 g/mol. The number of hydrogen-bond donors (Lipinski definition) is 0. The van der Waals surface area contributed by atoms with E-state index in [1.807, 2.05) is 66.7 Å². The molecule has 0 radical (unpaired) electrons. The summed E-state index contributed by atoms with van der Waals surface area (Å²) in [6.07, 6.45) is 4.66. The van der Waals surface area contributed by atoms with Gasteiger partial charge in [0.05, 0.1) is 5.31 Å². The first-order valence-corrected chi connectivity index (χ1v) is 12.2. The van der Waals surface area contributed by atoms with Gasteiger partial charge in [-0.2, -0.15) is 0 Å². The van der Waals surface area contributed by atoms with E-state index in [1.165, 1.54) is 12.8 Å². The van der Waals surface area contributed by atoms with Crippen molar-refractivity contribution in [3.05, 3.63) is 102 Å². The van der Waals surface area contributed by atoms with Crippen molar-refractivity contribution >= 4 is 23.1 Å². The van der Waals surface area contributed by atoms with E-state index in [0.717, 1.165) is 45.7 Å². The van der Waals surface area contributed by atoms with Crippen LogP contribution in [0.15, 0.2) is 90.7 Å². The molecule has 1 aliphatic carbocycles. The van der Waals surface area contributed by atoms with Gasteiger partial charge in [0.25, 0.3) is 0 Å². The zero-order chi connectivity index (χ0) is 19.7. The molecule has 0 amide bonds. The molecule has 3 heteroatoms. The fourth-order valence-electron chi connectivity index (χ4n) is 4.74. The third kappa shape index (κ3) is 3.16. The van der Waals surface area contributed by atoms with Gasteiger partial charge in [-0.15, -0.1) is 0 Å². The summed E-state index contributed by atoms with van der Waals surface area (Å²) in [4.78, 5) is 0. The molecular weight excluding hydrogens is 375 g/mol. The zero-order valence-electron chi connectivity index (χ0n) is 16.5. The largest absolute Gasteiger partial charge is 0.492 e. The molecule has 0 spiro atoms. The maximum Gasteiger partial charge on any atom is 0.174 e. The Bertz CT molecular complexity index is 1040. The first kappa shape index (κ1) is 18.5. The van der Waals surface area contributed by atoms with E-state index in [0.29, 0.717) is 12.5 Å². The Morgan fingerprint density at radius 1 is 0.724 bits per heavy atom.